The van der Waals surface area contributed by atoms with Crippen molar-refractivity contribution in [1.29, 1.82) is 0 Å². The van der Waals surface area contributed by atoms with Gasteiger partial charge in [0.25, 0.3) is 11.1 Å². The second-order valence-corrected chi connectivity index (χ2v) is 6.26. The number of para-hydroxylation sites is 1. The van der Waals surface area contributed by atoms with Gasteiger partial charge in [-0.25, -0.2) is 0 Å². The van der Waals surface area contributed by atoms with E-state index in [9.17, 15) is 4.79 Å². The average Bonchev–Trinajstić information content (AvgIpc) is 3.06. The summed E-state index contributed by atoms with van der Waals surface area (Å²) in [4.78, 5) is 12.4. The van der Waals surface area contributed by atoms with Crippen molar-refractivity contribution < 1.29 is 9.53 Å². The molecule has 0 fully saturated rings. The maximum absolute atomic E-state index is 12.4. The van der Waals surface area contributed by atoms with E-state index in [1.807, 2.05) is 72.8 Å². The van der Waals surface area contributed by atoms with Crippen LogP contribution in [0.2, 0.25) is 0 Å². The molecule has 0 saturated heterocycles. The Morgan fingerprint density at radius 1 is 0.962 bits per heavy atom. The van der Waals surface area contributed by atoms with Gasteiger partial charge in [0.15, 0.2) is 0 Å². The number of benzene rings is 3. The quantitative estimate of drug-likeness (QED) is 0.681. The number of hydrogen-bond donors (Lipinski definition) is 2. The van der Waals surface area contributed by atoms with Crippen molar-refractivity contribution in [2.75, 3.05) is 5.32 Å². The highest BCUT2D eigenvalue weighted by molar-refractivity contribution is 7.80. The summed E-state index contributed by atoms with van der Waals surface area (Å²) in [7, 11) is 0. The fourth-order valence-corrected chi connectivity index (χ4v) is 3.28. The summed E-state index contributed by atoms with van der Waals surface area (Å²) in [6, 6.07) is 23.2. The third-order valence-corrected chi connectivity index (χ3v) is 4.43. The number of fused-ring (bicyclic) bond motifs is 1. The molecule has 0 aliphatic carbocycles. The van der Waals surface area contributed by atoms with Crippen molar-refractivity contribution in [3.05, 3.63) is 83.9 Å². The van der Waals surface area contributed by atoms with Gasteiger partial charge in [0.2, 0.25) is 0 Å². The fraction of sp³-hybridized carbons (Fsp3) is 0.0476. The summed E-state index contributed by atoms with van der Waals surface area (Å²) in [5.41, 5.74) is 4.35. The summed E-state index contributed by atoms with van der Waals surface area (Å²) >= 11 is 5.29. The van der Waals surface area contributed by atoms with E-state index in [0.29, 0.717) is 23.5 Å². The molecule has 2 N–H and O–H groups in total. The number of amides is 1. The van der Waals surface area contributed by atoms with Gasteiger partial charge < -0.3 is 15.4 Å². The first-order valence-electron chi connectivity index (χ1n) is 8.26. The molecule has 3 aromatic rings. The van der Waals surface area contributed by atoms with Crippen molar-refractivity contribution in [3.63, 3.8) is 0 Å². The number of nitrogens with one attached hydrogen (secondary N) is 2. The zero-order valence-electron chi connectivity index (χ0n) is 13.9. The summed E-state index contributed by atoms with van der Waals surface area (Å²) in [6.45, 7) is 0.500. The van der Waals surface area contributed by atoms with E-state index in [4.69, 9.17) is 17.0 Å². The molecule has 0 radical (unpaired) electrons. The maximum atomic E-state index is 12.4. The van der Waals surface area contributed by atoms with E-state index in [2.05, 4.69) is 10.6 Å². The summed E-state index contributed by atoms with van der Waals surface area (Å²) in [5.74, 6) is 0.537. The minimum absolute atomic E-state index is 0.109. The van der Waals surface area contributed by atoms with Gasteiger partial charge in [-0.15, -0.1) is 0 Å². The first-order chi connectivity index (χ1) is 12.7. The van der Waals surface area contributed by atoms with Gasteiger partial charge in [-0.2, -0.15) is 0 Å². The van der Waals surface area contributed by atoms with Crippen LogP contribution in [0, 0.1) is 0 Å². The Morgan fingerprint density at radius 3 is 2.38 bits per heavy atom. The van der Waals surface area contributed by atoms with Gasteiger partial charge in [0.05, 0.1) is 11.3 Å². The number of thiocarbonyl (C=S) groups is 1. The largest absolute Gasteiger partial charge is 0.432 e. The highest BCUT2D eigenvalue weighted by atomic mass is 32.1. The van der Waals surface area contributed by atoms with Crippen molar-refractivity contribution >= 4 is 29.0 Å². The predicted molar refractivity (Wildman–Crippen MR) is 106 cm³/mol. The van der Waals surface area contributed by atoms with Crippen LogP contribution in [-0.4, -0.2) is 11.1 Å². The van der Waals surface area contributed by atoms with E-state index < -0.39 is 0 Å². The van der Waals surface area contributed by atoms with Gasteiger partial charge in [-0.1, -0.05) is 54.6 Å². The molecule has 0 saturated carbocycles. The number of ether oxygens (including phenoxy) is 1. The lowest BCUT2D eigenvalue weighted by Crippen LogP contribution is -2.19. The Balaban J connectivity index is 1.65. The number of rotatable bonds is 3. The Kier molecular flexibility index (Phi) is 4.37. The van der Waals surface area contributed by atoms with Crippen LogP contribution in [0.4, 0.5) is 5.69 Å². The van der Waals surface area contributed by atoms with Crippen LogP contribution >= 0.6 is 12.2 Å². The minimum atomic E-state index is -0.109. The smallest absolute Gasteiger partial charge is 0.266 e. The van der Waals surface area contributed by atoms with Crippen molar-refractivity contribution in [3.8, 4) is 16.9 Å². The first kappa shape index (κ1) is 16.3. The van der Waals surface area contributed by atoms with Crippen molar-refractivity contribution in [1.82, 2.24) is 5.32 Å². The third kappa shape index (κ3) is 3.17. The Morgan fingerprint density at radius 2 is 1.65 bits per heavy atom. The molecule has 5 heteroatoms. The minimum Gasteiger partial charge on any atom is -0.432 e. The van der Waals surface area contributed by atoms with E-state index in [0.717, 1.165) is 16.7 Å². The van der Waals surface area contributed by atoms with E-state index in [1.54, 1.807) is 0 Å². The molecular weight excluding hydrogens is 344 g/mol. The second kappa shape index (κ2) is 6.98. The predicted octanol–water partition coefficient (Wildman–Crippen LogP) is 4.37. The van der Waals surface area contributed by atoms with Crippen molar-refractivity contribution in [2.24, 2.45) is 0 Å². The van der Waals surface area contributed by atoms with Gasteiger partial charge >= 0.3 is 0 Å². The van der Waals surface area contributed by atoms with E-state index in [-0.39, 0.29) is 11.1 Å². The molecular formula is C21H16N2O2S. The molecule has 1 amide bonds. The van der Waals surface area contributed by atoms with Crippen LogP contribution in [0.1, 0.15) is 15.9 Å². The SMILES string of the molecule is O=C1NCc2c(-c3ccccc3)ccc(NC(=S)Oc3ccccc3)c21. The van der Waals surface area contributed by atoms with Crippen molar-refractivity contribution in [2.45, 2.75) is 6.54 Å². The highest BCUT2D eigenvalue weighted by Gasteiger charge is 2.26. The maximum Gasteiger partial charge on any atom is 0.266 e. The number of anilines is 1. The van der Waals surface area contributed by atoms with Crippen LogP contribution < -0.4 is 15.4 Å². The molecule has 0 aromatic heterocycles. The van der Waals surface area contributed by atoms with E-state index in [1.165, 1.54) is 0 Å². The molecule has 128 valence electrons. The molecule has 0 unspecified atom stereocenters. The first-order valence-corrected chi connectivity index (χ1v) is 8.66. The van der Waals surface area contributed by atoms with Crippen LogP contribution in [0.25, 0.3) is 11.1 Å². The van der Waals surface area contributed by atoms with Crippen LogP contribution in [-0.2, 0) is 6.54 Å². The summed E-state index contributed by atoms with van der Waals surface area (Å²) in [5, 5.41) is 6.14. The lowest BCUT2D eigenvalue weighted by Gasteiger charge is -2.14. The fourth-order valence-electron chi connectivity index (χ4n) is 3.07. The molecule has 26 heavy (non-hydrogen) atoms. The molecule has 0 spiro atoms. The molecule has 0 atom stereocenters. The summed E-state index contributed by atoms with van der Waals surface area (Å²) < 4.78 is 5.62. The lowest BCUT2D eigenvalue weighted by molar-refractivity contribution is 0.0966. The van der Waals surface area contributed by atoms with Gasteiger partial charge in [-0.3, -0.25) is 4.79 Å². The molecule has 4 rings (SSSR count). The zero-order chi connectivity index (χ0) is 17.9. The molecule has 0 bridgehead atoms. The molecule has 1 aliphatic rings. The third-order valence-electron chi connectivity index (χ3n) is 4.24. The highest BCUT2D eigenvalue weighted by Crippen LogP contribution is 2.34. The Labute approximate surface area is 156 Å². The lowest BCUT2D eigenvalue weighted by atomic mass is 9.95. The number of hydrogen-bond acceptors (Lipinski definition) is 3. The molecule has 3 aromatic carbocycles. The standard InChI is InChI=1S/C21H16N2O2S/c24-20-19-17(13-22-20)16(14-7-3-1-4-8-14)11-12-18(19)23-21(26)25-15-9-5-2-6-10-15/h1-12H,13H2,(H,22,24)(H,23,26). The van der Waals surface area contributed by atoms with Crippen LogP contribution in [0.3, 0.4) is 0 Å². The topological polar surface area (TPSA) is 50.4 Å². The Hall–Kier alpha value is -3.18. The number of carbonyl (C=O) groups excluding carboxylic acids is 1. The molecule has 1 aliphatic heterocycles. The normalized spacial score (nSPS) is 12.2. The number of carbonyl (C=O) groups is 1. The molecule has 1 heterocycles. The monoisotopic (exact) mass is 360 g/mol. The zero-order valence-corrected chi connectivity index (χ0v) is 14.7. The van der Waals surface area contributed by atoms with Gasteiger partial charge in [0.1, 0.15) is 5.75 Å². The van der Waals surface area contributed by atoms with E-state index >= 15 is 0 Å². The van der Waals surface area contributed by atoms with Crippen LogP contribution in [0.5, 0.6) is 5.75 Å². The molecule has 4 nitrogen and oxygen atoms in total. The summed E-state index contributed by atoms with van der Waals surface area (Å²) in [6.07, 6.45) is 0. The average molecular weight is 360 g/mol. The Bertz CT molecular complexity index is 972. The van der Waals surface area contributed by atoms with Crippen LogP contribution in [0.15, 0.2) is 72.8 Å². The van der Waals surface area contributed by atoms with Gasteiger partial charge in [0, 0.05) is 6.54 Å². The second-order valence-electron chi connectivity index (χ2n) is 5.89. The van der Waals surface area contributed by atoms with Gasteiger partial charge in [-0.05, 0) is 47.1 Å².